The molecule has 32 heavy (non-hydrogen) atoms. The molecule has 0 bridgehead atoms. The minimum atomic E-state index is -0.630. The van der Waals surface area contributed by atoms with E-state index in [9.17, 15) is 9.59 Å². The predicted molar refractivity (Wildman–Crippen MR) is 126 cm³/mol. The van der Waals surface area contributed by atoms with E-state index >= 15 is 0 Å². The molecule has 3 nitrogen and oxygen atoms in total. The molecule has 0 atom stereocenters. The first kappa shape index (κ1) is 21.3. The lowest BCUT2D eigenvalue weighted by Crippen LogP contribution is -2.10. The molecule has 158 valence electrons. The minimum absolute atomic E-state index is 0.188. The first-order valence-corrected chi connectivity index (χ1v) is 10.6. The molecule has 0 saturated carbocycles. The summed E-state index contributed by atoms with van der Waals surface area (Å²) in [6.07, 6.45) is 2.13. The maximum Gasteiger partial charge on any atom is 0.345 e. The fourth-order valence-corrected chi connectivity index (χ4v) is 4.00. The number of hydrogen-bond acceptors (Lipinski definition) is 3. The highest BCUT2D eigenvalue weighted by Gasteiger charge is 2.17. The summed E-state index contributed by atoms with van der Waals surface area (Å²) in [6.45, 7) is 0.188. The van der Waals surface area contributed by atoms with Crippen molar-refractivity contribution in [2.24, 2.45) is 0 Å². The van der Waals surface area contributed by atoms with Crippen LogP contribution >= 0.6 is 0 Å². The Hall–Kier alpha value is -3.98. The van der Waals surface area contributed by atoms with Gasteiger partial charge in [0.2, 0.25) is 0 Å². The van der Waals surface area contributed by atoms with E-state index in [-0.39, 0.29) is 6.47 Å². The molecular formula is C29H24O3. The number of esters is 1. The second kappa shape index (κ2) is 10.4. The standard InChI is InChI=1S/C29H24O3/c30-21-32-29(31)27-19-25(16-22-10-4-1-5-11-22)28(18-24-14-8-3-9-15-24)26(20-27)17-23-12-6-2-7-13-23/h1-15,19-21H,16-18H2. The molecule has 0 radical (unpaired) electrons. The van der Waals surface area contributed by atoms with Crippen LogP contribution in [-0.4, -0.2) is 12.4 Å². The van der Waals surface area contributed by atoms with Gasteiger partial charge in [0.15, 0.2) is 0 Å². The smallest absolute Gasteiger partial charge is 0.345 e. The van der Waals surface area contributed by atoms with Gasteiger partial charge in [-0.15, -0.1) is 0 Å². The topological polar surface area (TPSA) is 43.4 Å². The molecule has 4 aromatic rings. The lowest BCUT2D eigenvalue weighted by molar-refractivity contribution is -0.123. The normalized spacial score (nSPS) is 10.5. The zero-order valence-corrected chi connectivity index (χ0v) is 17.7. The molecule has 0 aliphatic heterocycles. The third-order valence-corrected chi connectivity index (χ3v) is 5.52. The predicted octanol–water partition coefficient (Wildman–Crippen LogP) is 5.77. The maximum atomic E-state index is 12.5. The highest BCUT2D eigenvalue weighted by molar-refractivity contribution is 5.93. The lowest BCUT2D eigenvalue weighted by atomic mass is 9.87. The first-order chi connectivity index (χ1) is 15.7. The molecule has 0 saturated heterocycles. The summed E-state index contributed by atoms with van der Waals surface area (Å²) < 4.78 is 4.68. The zero-order chi connectivity index (χ0) is 22.2. The third kappa shape index (κ3) is 5.38. The van der Waals surface area contributed by atoms with Crippen LogP contribution in [0.5, 0.6) is 0 Å². The van der Waals surface area contributed by atoms with Crippen molar-refractivity contribution in [1.82, 2.24) is 0 Å². The Balaban J connectivity index is 1.84. The van der Waals surface area contributed by atoms with Crippen LogP contribution in [0.1, 0.15) is 43.7 Å². The summed E-state index contributed by atoms with van der Waals surface area (Å²) in [5, 5.41) is 0. The number of benzene rings is 4. The molecule has 0 aliphatic rings. The highest BCUT2D eigenvalue weighted by Crippen LogP contribution is 2.27. The average Bonchev–Trinajstić information content (AvgIpc) is 2.83. The summed E-state index contributed by atoms with van der Waals surface area (Å²) in [5.74, 6) is -0.630. The molecule has 4 aromatic carbocycles. The molecule has 0 amide bonds. The van der Waals surface area contributed by atoms with Gasteiger partial charge in [-0.1, -0.05) is 91.0 Å². The van der Waals surface area contributed by atoms with E-state index in [1.165, 1.54) is 11.1 Å². The van der Waals surface area contributed by atoms with E-state index in [1.807, 2.05) is 66.7 Å². The van der Waals surface area contributed by atoms with Crippen molar-refractivity contribution >= 4 is 12.4 Å². The second-order valence-corrected chi connectivity index (χ2v) is 7.76. The number of hydrogen-bond donors (Lipinski definition) is 0. The number of carbonyl (C=O) groups excluding carboxylic acids is 2. The minimum Gasteiger partial charge on any atom is -0.392 e. The molecule has 0 aromatic heterocycles. The fourth-order valence-electron chi connectivity index (χ4n) is 4.00. The van der Waals surface area contributed by atoms with Crippen LogP contribution in [0, 0.1) is 0 Å². The Morgan fingerprint density at radius 2 is 1.03 bits per heavy atom. The van der Waals surface area contributed by atoms with E-state index < -0.39 is 5.97 Å². The van der Waals surface area contributed by atoms with Crippen molar-refractivity contribution in [2.75, 3.05) is 0 Å². The van der Waals surface area contributed by atoms with E-state index in [1.54, 1.807) is 0 Å². The molecular weight excluding hydrogens is 396 g/mol. The number of rotatable bonds is 8. The van der Waals surface area contributed by atoms with Crippen LogP contribution < -0.4 is 0 Å². The SMILES string of the molecule is O=COC(=O)c1cc(Cc2ccccc2)c(Cc2ccccc2)c(Cc2ccccc2)c1. The Labute approximate surface area is 188 Å². The van der Waals surface area contributed by atoms with Gasteiger partial charge in [0, 0.05) is 0 Å². The average molecular weight is 421 g/mol. The van der Waals surface area contributed by atoms with Gasteiger partial charge in [-0.2, -0.15) is 0 Å². The quantitative estimate of drug-likeness (QED) is 0.206. The van der Waals surface area contributed by atoms with Gasteiger partial charge < -0.3 is 4.74 Å². The summed E-state index contributed by atoms with van der Waals surface area (Å²) in [6, 6.07) is 34.4. The van der Waals surface area contributed by atoms with E-state index in [0.29, 0.717) is 18.4 Å². The highest BCUT2D eigenvalue weighted by atomic mass is 16.6. The second-order valence-electron chi connectivity index (χ2n) is 7.76. The molecule has 0 heterocycles. The summed E-state index contributed by atoms with van der Waals surface area (Å²) in [7, 11) is 0. The van der Waals surface area contributed by atoms with Crippen molar-refractivity contribution in [3.05, 3.63) is 142 Å². The van der Waals surface area contributed by atoms with Crippen LogP contribution in [0.4, 0.5) is 0 Å². The van der Waals surface area contributed by atoms with Gasteiger partial charge in [0.05, 0.1) is 5.56 Å². The first-order valence-electron chi connectivity index (χ1n) is 10.6. The largest absolute Gasteiger partial charge is 0.392 e. The Morgan fingerprint density at radius 3 is 1.44 bits per heavy atom. The van der Waals surface area contributed by atoms with Crippen LogP contribution in [-0.2, 0) is 28.8 Å². The van der Waals surface area contributed by atoms with E-state index in [2.05, 4.69) is 41.1 Å². The Kier molecular flexibility index (Phi) is 6.88. The maximum absolute atomic E-state index is 12.5. The van der Waals surface area contributed by atoms with Crippen LogP contribution in [0.2, 0.25) is 0 Å². The summed E-state index contributed by atoms with van der Waals surface area (Å²) in [5.41, 5.74) is 7.25. The van der Waals surface area contributed by atoms with Crippen molar-refractivity contribution in [3.8, 4) is 0 Å². The summed E-state index contributed by atoms with van der Waals surface area (Å²) >= 11 is 0. The van der Waals surface area contributed by atoms with Gasteiger partial charge in [-0.3, -0.25) is 4.79 Å². The van der Waals surface area contributed by atoms with Crippen molar-refractivity contribution in [2.45, 2.75) is 19.3 Å². The van der Waals surface area contributed by atoms with E-state index in [0.717, 1.165) is 28.7 Å². The van der Waals surface area contributed by atoms with E-state index in [4.69, 9.17) is 0 Å². The zero-order valence-electron chi connectivity index (χ0n) is 17.7. The van der Waals surface area contributed by atoms with Crippen LogP contribution in [0.25, 0.3) is 0 Å². The van der Waals surface area contributed by atoms with Gasteiger partial charge in [0.25, 0.3) is 0 Å². The molecule has 0 aliphatic carbocycles. The van der Waals surface area contributed by atoms with Crippen molar-refractivity contribution < 1.29 is 14.3 Å². The number of carbonyl (C=O) groups is 2. The van der Waals surface area contributed by atoms with Crippen LogP contribution in [0.15, 0.2) is 103 Å². The molecule has 0 unspecified atom stereocenters. The van der Waals surface area contributed by atoms with Crippen molar-refractivity contribution in [1.29, 1.82) is 0 Å². The summed E-state index contributed by atoms with van der Waals surface area (Å²) in [4.78, 5) is 23.3. The van der Waals surface area contributed by atoms with Gasteiger partial charge in [-0.25, -0.2) is 4.79 Å². The fraction of sp³-hybridized carbons (Fsp3) is 0.103. The third-order valence-electron chi connectivity index (χ3n) is 5.52. The lowest BCUT2D eigenvalue weighted by Gasteiger charge is -2.18. The monoisotopic (exact) mass is 420 g/mol. The molecule has 0 N–H and O–H groups in total. The molecule has 3 heteroatoms. The van der Waals surface area contributed by atoms with Crippen molar-refractivity contribution in [3.63, 3.8) is 0 Å². The Morgan fingerprint density at radius 1 is 0.625 bits per heavy atom. The van der Waals surface area contributed by atoms with Gasteiger partial charge in [0.1, 0.15) is 0 Å². The molecule has 0 fully saturated rings. The van der Waals surface area contributed by atoms with Gasteiger partial charge >= 0.3 is 12.4 Å². The van der Waals surface area contributed by atoms with Gasteiger partial charge in [-0.05, 0) is 64.8 Å². The number of ether oxygens (including phenoxy) is 1. The van der Waals surface area contributed by atoms with Crippen LogP contribution in [0.3, 0.4) is 0 Å². The molecule has 4 rings (SSSR count). The Bertz CT molecular complexity index is 1120. The molecule has 0 spiro atoms.